The van der Waals surface area contributed by atoms with E-state index in [1.807, 2.05) is 11.3 Å². The second kappa shape index (κ2) is 7.22. The Kier molecular flexibility index (Phi) is 5.60. The van der Waals surface area contributed by atoms with Crippen LogP contribution in [0.5, 0.6) is 0 Å². The van der Waals surface area contributed by atoms with E-state index in [1.54, 1.807) is 0 Å². The number of thiazole rings is 1. The van der Waals surface area contributed by atoms with E-state index in [4.69, 9.17) is 4.98 Å². The Morgan fingerprint density at radius 2 is 2.44 bits per heavy atom. The van der Waals surface area contributed by atoms with Crippen LogP contribution >= 0.6 is 11.3 Å². The van der Waals surface area contributed by atoms with Gasteiger partial charge in [-0.25, -0.2) is 4.98 Å². The van der Waals surface area contributed by atoms with Crippen molar-refractivity contribution >= 4 is 11.3 Å². The first-order valence-electron chi connectivity index (χ1n) is 7.14. The Bertz CT molecular complexity index is 351. The van der Waals surface area contributed by atoms with Crippen molar-refractivity contribution in [3.05, 3.63) is 16.1 Å². The summed E-state index contributed by atoms with van der Waals surface area (Å²) in [5.41, 5.74) is 1.20. The SMILES string of the molecule is CCCNCc1csc(CN2CCCC(C)C2)n1. The van der Waals surface area contributed by atoms with Crippen molar-refractivity contribution in [3.63, 3.8) is 0 Å². The van der Waals surface area contributed by atoms with Crippen LogP contribution in [0.15, 0.2) is 5.38 Å². The topological polar surface area (TPSA) is 28.2 Å². The lowest BCUT2D eigenvalue weighted by Gasteiger charge is -2.29. The first kappa shape index (κ1) is 14.0. The lowest BCUT2D eigenvalue weighted by atomic mass is 10.0. The summed E-state index contributed by atoms with van der Waals surface area (Å²) < 4.78 is 0. The van der Waals surface area contributed by atoms with Crippen LogP contribution in [0.1, 0.15) is 43.8 Å². The van der Waals surface area contributed by atoms with Gasteiger partial charge in [0.05, 0.1) is 12.2 Å². The molecule has 2 rings (SSSR count). The van der Waals surface area contributed by atoms with Gasteiger partial charge in [0.15, 0.2) is 0 Å². The molecule has 0 aromatic carbocycles. The van der Waals surface area contributed by atoms with Crippen LogP contribution in [-0.4, -0.2) is 29.5 Å². The number of nitrogens with one attached hydrogen (secondary N) is 1. The summed E-state index contributed by atoms with van der Waals surface area (Å²) in [6.45, 7) is 10.1. The summed E-state index contributed by atoms with van der Waals surface area (Å²) >= 11 is 1.81. The summed E-state index contributed by atoms with van der Waals surface area (Å²) in [5.74, 6) is 0.851. The second-order valence-electron chi connectivity index (χ2n) is 5.39. The van der Waals surface area contributed by atoms with E-state index < -0.39 is 0 Å². The quantitative estimate of drug-likeness (QED) is 0.803. The highest BCUT2D eigenvalue weighted by Crippen LogP contribution is 2.19. The maximum Gasteiger partial charge on any atom is 0.107 e. The molecule has 1 N–H and O–H groups in total. The Morgan fingerprint density at radius 3 is 3.22 bits per heavy atom. The lowest BCUT2D eigenvalue weighted by molar-refractivity contribution is 0.176. The molecule has 1 aliphatic heterocycles. The minimum Gasteiger partial charge on any atom is -0.311 e. The second-order valence-corrected chi connectivity index (χ2v) is 6.33. The Morgan fingerprint density at radius 1 is 1.56 bits per heavy atom. The molecule has 3 nitrogen and oxygen atoms in total. The summed E-state index contributed by atoms with van der Waals surface area (Å²) in [5, 5.41) is 6.88. The van der Waals surface area contributed by atoms with Crippen LogP contribution in [0.3, 0.4) is 0 Å². The van der Waals surface area contributed by atoms with Gasteiger partial charge in [0.2, 0.25) is 0 Å². The predicted molar refractivity (Wildman–Crippen MR) is 77.8 cm³/mol. The average molecular weight is 267 g/mol. The van der Waals surface area contributed by atoms with E-state index in [0.29, 0.717) is 0 Å². The molecular weight excluding hydrogens is 242 g/mol. The maximum absolute atomic E-state index is 4.72. The van der Waals surface area contributed by atoms with E-state index in [-0.39, 0.29) is 0 Å². The van der Waals surface area contributed by atoms with Gasteiger partial charge in [-0.1, -0.05) is 13.8 Å². The number of nitrogens with zero attached hydrogens (tertiary/aromatic N) is 2. The highest BCUT2D eigenvalue weighted by Gasteiger charge is 2.17. The van der Waals surface area contributed by atoms with E-state index in [2.05, 4.69) is 29.4 Å². The highest BCUT2D eigenvalue weighted by atomic mass is 32.1. The first-order valence-corrected chi connectivity index (χ1v) is 8.02. The molecule has 0 bridgehead atoms. The van der Waals surface area contributed by atoms with E-state index in [9.17, 15) is 0 Å². The third kappa shape index (κ3) is 4.34. The fraction of sp³-hybridized carbons (Fsp3) is 0.786. The van der Waals surface area contributed by atoms with Crippen LogP contribution in [0.4, 0.5) is 0 Å². The monoisotopic (exact) mass is 267 g/mol. The normalized spacial score (nSPS) is 21.3. The van der Waals surface area contributed by atoms with Crippen molar-refractivity contribution in [2.24, 2.45) is 5.92 Å². The van der Waals surface area contributed by atoms with E-state index >= 15 is 0 Å². The molecule has 4 heteroatoms. The fourth-order valence-corrected chi connectivity index (χ4v) is 3.35. The molecule has 1 aliphatic rings. The van der Waals surface area contributed by atoms with Crippen LogP contribution in [0, 0.1) is 5.92 Å². The van der Waals surface area contributed by atoms with Gasteiger partial charge in [-0.3, -0.25) is 4.90 Å². The number of rotatable bonds is 6. The first-order chi connectivity index (χ1) is 8.78. The van der Waals surface area contributed by atoms with Gasteiger partial charge in [-0.2, -0.15) is 0 Å². The minimum absolute atomic E-state index is 0.851. The molecular formula is C14H25N3S. The third-order valence-corrected chi connectivity index (χ3v) is 4.31. The van der Waals surface area contributed by atoms with Gasteiger partial charge in [0, 0.05) is 18.5 Å². The zero-order chi connectivity index (χ0) is 12.8. The molecule has 1 atom stereocenters. The minimum atomic E-state index is 0.851. The molecule has 102 valence electrons. The van der Waals surface area contributed by atoms with Crippen LogP contribution < -0.4 is 5.32 Å². The van der Waals surface area contributed by atoms with Gasteiger partial charge >= 0.3 is 0 Å². The van der Waals surface area contributed by atoms with Gasteiger partial charge < -0.3 is 5.32 Å². The number of likely N-dealkylation sites (tertiary alicyclic amines) is 1. The van der Waals surface area contributed by atoms with E-state index in [0.717, 1.165) is 25.6 Å². The van der Waals surface area contributed by atoms with Crippen LogP contribution in [-0.2, 0) is 13.1 Å². The van der Waals surface area contributed by atoms with Gasteiger partial charge in [0.25, 0.3) is 0 Å². The van der Waals surface area contributed by atoms with Crippen molar-refractivity contribution in [1.82, 2.24) is 15.2 Å². The lowest BCUT2D eigenvalue weighted by Crippen LogP contribution is -2.33. The molecule has 1 aromatic rings. The van der Waals surface area contributed by atoms with E-state index in [1.165, 1.54) is 43.1 Å². The van der Waals surface area contributed by atoms with Gasteiger partial charge in [0.1, 0.15) is 5.01 Å². The molecule has 2 heterocycles. The van der Waals surface area contributed by atoms with Crippen molar-refractivity contribution in [3.8, 4) is 0 Å². The van der Waals surface area contributed by atoms with Crippen molar-refractivity contribution in [2.45, 2.75) is 46.2 Å². The molecule has 1 aromatic heterocycles. The molecule has 1 fully saturated rings. The number of hydrogen-bond donors (Lipinski definition) is 1. The molecule has 0 spiro atoms. The summed E-state index contributed by atoms with van der Waals surface area (Å²) in [6.07, 6.45) is 3.92. The number of aromatic nitrogens is 1. The smallest absolute Gasteiger partial charge is 0.107 e. The Hall–Kier alpha value is -0.450. The van der Waals surface area contributed by atoms with Crippen LogP contribution in [0.2, 0.25) is 0 Å². The molecule has 0 saturated carbocycles. The molecule has 1 unspecified atom stereocenters. The zero-order valence-electron chi connectivity index (χ0n) is 11.6. The van der Waals surface area contributed by atoms with Crippen molar-refractivity contribution in [1.29, 1.82) is 0 Å². The third-order valence-electron chi connectivity index (χ3n) is 3.43. The fourth-order valence-electron chi connectivity index (χ4n) is 2.52. The summed E-state index contributed by atoms with van der Waals surface area (Å²) in [6, 6.07) is 0. The van der Waals surface area contributed by atoms with Gasteiger partial charge in [-0.15, -0.1) is 11.3 Å². The van der Waals surface area contributed by atoms with Gasteiger partial charge in [-0.05, 0) is 38.3 Å². The molecule has 1 saturated heterocycles. The van der Waals surface area contributed by atoms with Crippen molar-refractivity contribution in [2.75, 3.05) is 19.6 Å². The maximum atomic E-state index is 4.72. The number of piperidine rings is 1. The zero-order valence-corrected chi connectivity index (χ0v) is 12.4. The average Bonchev–Trinajstić information content (AvgIpc) is 2.77. The summed E-state index contributed by atoms with van der Waals surface area (Å²) in [4.78, 5) is 7.27. The number of hydrogen-bond acceptors (Lipinski definition) is 4. The molecule has 18 heavy (non-hydrogen) atoms. The van der Waals surface area contributed by atoms with Crippen molar-refractivity contribution < 1.29 is 0 Å². The summed E-state index contributed by atoms with van der Waals surface area (Å²) in [7, 11) is 0. The largest absolute Gasteiger partial charge is 0.311 e. The molecule has 0 amide bonds. The predicted octanol–water partition coefficient (Wildman–Crippen LogP) is 2.87. The van der Waals surface area contributed by atoms with Crippen LogP contribution in [0.25, 0.3) is 0 Å². The Balaban J connectivity index is 1.78. The molecule has 0 radical (unpaired) electrons. The highest BCUT2D eigenvalue weighted by molar-refractivity contribution is 7.09. The molecule has 0 aliphatic carbocycles. The standard InChI is InChI=1S/C14H25N3S/c1-3-6-15-8-13-11-18-14(16-13)10-17-7-4-5-12(2)9-17/h11-12,15H,3-10H2,1-2H3. The Labute approximate surface area is 115 Å².